The summed E-state index contributed by atoms with van der Waals surface area (Å²) in [6.45, 7) is 21.8. The van der Waals surface area contributed by atoms with Crippen molar-refractivity contribution in [2.75, 3.05) is 4.90 Å². The maximum atomic E-state index is 15.9. The molecule has 0 radical (unpaired) electrons. The molecule has 6 aromatic carbocycles. The number of hydrogen-bond acceptors (Lipinski definition) is 3. The first-order valence-corrected chi connectivity index (χ1v) is 20.5. The first kappa shape index (κ1) is 35.9. The minimum atomic E-state index is -0.412. The van der Waals surface area contributed by atoms with E-state index in [1.807, 2.05) is 65.2 Å². The lowest BCUT2D eigenvalue weighted by Crippen LogP contribution is -2.43. The van der Waals surface area contributed by atoms with Gasteiger partial charge >= 0.3 is 0 Å². The second-order valence-electron chi connectivity index (χ2n) is 17.3. The van der Waals surface area contributed by atoms with E-state index in [9.17, 15) is 0 Å². The van der Waals surface area contributed by atoms with Gasteiger partial charge in [-0.05, 0) is 58.1 Å². The molecule has 2 amide bonds. The van der Waals surface area contributed by atoms with Gasteiger partial charge in [0.05, 0.1) is 44.3 Å². The minimum absolute atomic E-state index is 0.0311. The first-order valence-electron chi connectivity index (χ1n) is 20.5. The number of nitrogens with one attached hydrogen (secondary N) is 2. The third-order valence-corrected chi connectivity index (χ3v) is 12.6. The van der Waals surface area contributed by atoms with Crippen LogP contribution in [0.4, 0.5) is 5.69 Å². The van der Waals surface area contributed by atoms with Crippen LogP contribution in [0.25, 0.3) is 77.4 Å². The number of carbonyl (C=O) groups excluding carboxylic acids is 2. The van der Waals surface area contributed by atoms with Crippen LogP contribution in [0, 0.1) is 0 Å². The summed E-state index contributed by atoms with van der Waals surface area (Å²) in [6, 6.07) is 28.3. The Morgan fingerprint density at radius 1 is 0.466 bits per heavy atom. The van der Waals surface area contributed by atoms with Gasteiger partial charge in [0, 0.05) is 48.7 Å². The van der Waals surface area contributed by atoms with Gasteiger partial charge in [-0.2, -0.15) is 0 Å². The maximum Gasteiger partial charge on any atom is 0.268 e. The van der Waals surface area contributed by atoms with Crippen LogP contribution >= 0.6 is 0 Å². The summed E-state index contributed by atoms with van der Waals surface area (Å²) >= 11 is 0. The van der Waals surface area contributed by atoms with Crippen molar-refractivity contribution in [1.29, 1.82) is 0 Å². The van der Waals surface area contributed by atoms with Crippen molar-refractivity contribution in [2.45, 2.75) is 79.1 Å². The highest BCUT2D eigenvalue weighted by molar-refractivity contribution is 6.48. The van der Waals surface area contributed by atoms with Crippen LogP contribution in [0.5, 0.6) is 0 Å². The van der Waals surface area contributed by atoms with Crippen LogP contribution in [-0.2, 0) is 0 Å². The number of pyridine rings is 1. The first-order chi connectivity index (χ1) is 27.8. The Kier molecular flexibility index (Phi) is 7.75. The molecule has 0 saturated heterocycles. The van der Waals surface area contributed by atoms with Crippen LogP contribution in [-0.4, -0.2) is 26.3 Å². The van der Waals surface area contributed by atoms with Gasteiger partial charge in [0.1, 0.15) is 0 Å². The summed E-state index contributed by atoms with van der Waals surface area (Å²) in [6.07, 6.45) is 0. The van der Waals surface area contributed by atoms with E-state index in [1.165, 1.54) is 4.90 Å². The highest BCUT2D eigenvalue weighted by Crippen LogP contribution is 2.49. The quantitative estimate of drug-likeness (QED) is 0.165. The normalized spacial score (nSPS) is 13.6. The van der Waals surface area contributed by atoms with E-state index in [1.54, 1.807) is 0 Å². The lowest BCUT2D eigenvalue weighted by atomic mass is 9.83. The van der Waals surface area contributed by atoms with E-state index in [4.69, 9.17) is 6.58 Å². The van der Waals surface area contributed by atoms with E-state index >= 15 is 14.4 Å². The van der Waals surface area contributed by atoms with E-state index in [0.29, 0.717) is 54.7 Å². The fourth-order valence-electron chi connectivity index (χ4n) is 10.00. The highest BCUT2D eigenvalue weighted by Gasteiger charge is 2.42. The largest absolute Gasteiger partial charge is 0.354 e. The van der Waals surface area contributed by atoms with Gasteiger partial charge in [0.15, 0.2) is 0 Å². The van der Waals surface area contributed by atoms with Crippen molar-refractivity contribution >= 4 is 89.2 Å². The molecule has 10 rings (SSSR count). The fourth-order valence-corrected chi connectivity index (χ4v) is 10.00. The second-order valence-corrected chi connectivity index (χ2v) is 17.3. The molecule has 0 spiro atoms. The number of imide groups is 1. The molecule has 0 aliphatic carbocycles. The molecule has 58 heavy (non-hydrogen) atoms. The molecule has 7 heteroatoms. The van der Waals surface area contributed by atoms with Crippen molar-refractivity contribution in [3.8, 4) is 5.69 Å². The lowest BCUT2D eigenvalue weighted by Gasteiger charge is -2.33. The van der Waals surface area contributed by atoms with Crippen molar-refractivity contribution in [1.82, 2.24) is 14.5 Å². The summed E-state index contributed by atoms with van der Waals surface area (Å²) in [7, 11) is 0. The highest BCUT2D eigenvalue weighted by atomic mass is 16.2. The molecule has 0 fully saturated rings. The number of H-pyrrole nitrogens is 2. The summed E-state index contributed by atoms with van der Waals surface area (Å²) < 4.78 is 1.83. The second kappa shape index (κ2) is 12.5. The SMILES string of the molecule is C=c1c2c3c([nH]c4ccccc43)c3c4c(c5[nH]c6ccccc6c5c(c(=O)n1-c1c(C(C)C)cccc1C(C)C)c42)C(=O)N(c1c(C(C)C)cccc1C(C)C)C3=O. The molecule has 0 bridgehead atoms. The fraction of sp³-hybridized carbons (Fsp3) is 0.235. The topological polar surface area (TPSA) is 91.0 Å². The Morgan fingerprint density at radius 3 is 1.33 bits per heavy atom. The molecule has 2 N–H and O–H groups in total. The number of amides is 2. The predicted molar refractivity (Wildman–Crippen MR) is 240 cm³/mol. The molecule has 288 valence electrons. The van der Waals surface area contributed by atoms with Crippen LogP contribution in [0.1, 0.15) is 122 Å². The van der Waals surface area contributed by atoms with Gasteiger partial charge in [-0.1, -0.05) is 135 Å². The van der Waals surface area contributed by atoms with Gasteiger partial charge in [0.25, 0.3) is 17.4 Å². The van der Waals surface area contributed by atoms with Crippen molar-refractivity contribution < 1.29 is 9.59 Å². The van der Waals surface area contributed by atoms with E-state index < -0.39 is 11.8 Å². The number of aromatic amines is 2. The maximum absolute atomic E-state index is 15.9. The van der Waals surface area contributed by atoms with Gasteiger partial charge < -0.3 is 9.97 Å². The average molecular weight is 763 g/mol. The van der Waals surface area contributed by atoms with Crippen LogP contribution in [0.15, 0.2) is 89.7 Å². The molecule has 0 atom stereocenters. The standard InChI is InChI=1S/C51H46N4O3/c1-24(2)29-18-14-19-30(25(3)4)47(29)54-28(9)37-38-33-16-10-12-22-35(33)52-45(38)43-41-40(37)42(49(54)56)39-34-17-11-13-23-36(34)53-46(39)44(41)51(58)55(50(43)57)48-31(26(5)6)20-15-21-32(48)27(7)8/h10-27,52-53H,9H2,1-8H3. The Hall–Kier alpha value is -6.47. The number of benzene rings is 6. The summed E-state index contributed by atoms with van der Waals surface area (Å²) in [5, 5.41) is 6.05. The van der Waals surface area contributed by atoms with Gasteiger partial charge in [-0.25, -0.2) is 4.90 Å². The number of fused-ring (bicyclic) bond motifs is 10. The van der Waals surface area contributed by atoms with Crippen LogP contribution in [0.3, 0.4) is 0 Å². The average Bonchev–Trinajstić information content (AvgIpc) is 3.77. The third-order valence-electron chi connectivity index (χ3n) is 12.6. The zero-order valence-corrected chi connectivity index (χ0v) is 34.2. The lowest BCUT2D eigenvalue weighted by molar-refractivity contribution is 0.0894. The summed E-state index contributed by atoms with van der Waals surface area (Å²) in [5.74, 6) is -0.544. The molecule has 7 nitrogen and oxygen atoms in total. The van der Waals surface area contributed by atoms with E-state index in [2.05, 4.69) is 89.6 Å². The van der Waals surface area contributed by atoms with Gasteiger partial charge in [0.2, 0.25) is 0 Å². The molecule has 0 saturated carbocycles. The number of aromatic nitrogens is 3. The smallest absolute Gasteiger partial charge is 0.268 e. The van der Waals surface area contributed by atoms with Gasteiger partial charge in [-0.15, -0.1) is 0 Å². The number of anilines is 1. The Labute approximate surface area is 335 Å². The number of carbonyl (C=O) groups is 2. The Balaban J connectivity index is 1.52. The van der Waals surface area contributed by atoms with Gasteiger partial charge in [-0.3, -0.25) is 19.0 Å². The third kappa shape index (κ3) is 4.58. The number of hydrogen-bond donors (Lipinski definition) is 2. The number of rotatable bonds is 6. The zero-order valence-electron chi connectivity index (χ0n) is 34.2. The summed E-state index contributed by atoms with van der Waals surface area (Å²) in [5.41, 5.74) is 8.77. The van der Waals surface area contributed by atoms with E-state index in [0.717, 1.165) is 60.5 Å². The minimum Gasteiger partial charge on any atom is -0.354 e. The van der Waals surface area contributed by atoms with Crippen molar-refractivity contribution in [2.24, 2.45) is 0 Å². The number of para-hydroxylation sites is 4. The Bertz CT molecular complexity index is 3180. The van der Waals surface area contributed by atoms with Crippen molar-refractivity contribution in [3.63, 3.8) is 0 Å². The predicted octanol–water partition coefficient (Wildman–Crippen LogP) is 11.8. The molecule has 1 aliphatic heterocycles. The van der Waals surface area contributed by atoms with Crippen molar-refractivity contribution in [3.05, 3.63) is 134 Å². The number of nitrogens with zero attached hydrogens (tertiary/aromatic N) is 2. The molecular weight excluding hydrogens is 717 g/mol. The van der Waals surface area contributed by atoms with Crippen LogP contribution in [0.2, 0.25) is 0 Å². The van der Waals surface area contributed by atoms with Crippen LogP contribution < -0.4 is 15.8 Å². The molecular formula is C51H46N4O3. The summed E-state index contributed by atoms with van der Waals surface area (Å²) in [4.78, 5) is 56.1. The molecule has 1 aliphatic rings. The molecule has 3 aromatic heterocycles. The molecule has 0 unspecified atom stereocenters. The molecule has 9 aromatic rings. The zero-order chi connectivity index (χ0) is 40.6. The Morgan fingerprint density at radius 2 is 0.879 bits per heavy atom. The monoisotopic (exact) mass is 762 g/mol. The molecule has 4 heterocycles. The van der Waals surface area contributed by atoms with E-state index in [-0.39, 0.29) is 29.2 Å².